The molecule has 2 aromatic heterocycles. The van der Waals surface area contributed by atoms with Crippen LogP contribution in [0.15, 0.2) is 54.7 Å². The molecule has 0 saturated carbocycles. The van der Waals surface area contributed by atoms with Crippen LogP contribution in [0.25, 0.3) is 21.8 Å². The van der Waals surface area contributed by atoms with Crippen molar-refractivity contribution in [3.05, 3.63) is 60.3 Å². The summed E-state index contributed by atoms with van der Waals surface area (Å²) < 4.78 is 0. The van der Waals surface area contributed by atoms with Gasteiger partial charge in [0.1, 0.15) is 11.6 Å². The van der Waals surface area contributed by atoms with Gasteiger partial charge in [0.25, 0.3) is 0 Å². The molecule has 0 bridgehead atoms. The lowest BCUT2D eigenvalue weighted by Gasteiger charge is -1.96. The highest BCUT2D eigenvalue weighted by Crippen LogP contribution is 2.22. The average Bonchev–Trinajstić information content (AvgIpc) is 3.11. The highest BCUT2D eigenvalue weighted by Gasteiger charge is 2.02. The van der Waals surface area contributed by atoms with E-state index in [0.29, 0.717) is 12.3 Å². The number of fused-ring (bicyclic) bond motifs is 2. The van der Waals surface area contributed by atoms with Gasteiger partial charge in [-0.3, -0.25) is 0 Å². The van der Waals surface area contributed by atoms with Crippen LogP contribution < -0.4 is 11.5 Å². The second-order valence-electron chi connectivity index (χ2n) is 5.39. The second kappa shape index (κ2) is 6.46. The summed E-state index contributed by atoms with van der Waals surface area (Å²) in [4.78, 5) is 6.17. The van der Waals surface area contributed by atoms with Crippen LogP contribution in [0.3, 0.4) is 0 Å². The number of phenolic OH excluding ortho intramolecular Hbond substituents is 1. The quantitative estimate of drug-likeness (QED) is 0.393. The Hall–Kier alpha value is -2.92. The van der Waals surface area contributed by atoms with Crippen LogP contribution in [0.2, 0.25) is 0 Å². The largest absolute Gasteiger partial charge is 0.508 e. The van der Waals surface area contributed by atoms with Crippen LogP contribution in [-0.2, 0) is 6.42 Å². The number of rotatable bonds is 2. The SMILES string of the molecule is NCCc1c[nH]c2ccc(O)cc12.Nc1cc2ccccc2[nH]1. The van der Waals surface area contributed by atoms with Crippen molar-refractivity contribution in [3.8, 4) is 5.75 Å². The number of hydrogen-bond acceptors (Lipinski definition) is 3. The third kappa shape index (κ3) is 3.30. The number of aromatic hydroxyl groups is 1. The van der Waals surface area contributed by atoms with Crippen LogP contribution in [-0.4, -0.2) is 21.6 Å². The number of benzene rings is 2. The Labute approximate surface area is 133 Å². The minimum Gasteiger partial charge on any atom is -0.508 e. The first-order chi connectivity index (χ1) is 11.2. The Morgan fingerprint density at radius 3 is 2.61 bits per heavy atom. The number of anilines is 1. The van der Waals surface area contributed by atoms with E-state index in [-0.39, 0.29) is 0 Å². The number of hydrogen-bond donors (Lipinski definition) is 5. The van der Waals surface area contributed by atoms with Gasteiger partial charge in [0.05, 0.1) is 0 Å². The van der Waals surface area contributed by atoms with E-state index in [4.69, 9.17) is 11.5 Å². The molecule has 5 nitrogen and oxygen atoms in total. The summed E-state index contributed by atoms with van der Waals surface area (Å²) in [6, 6.07) is 15.2. The molecule has 118 valence electrons. The Morgan fingerprint density at radius 1 is 1.00 bits per heavy atom. The monoisotopic (exact) mass is 308 g/mol. The van der Waals surface area contributed by atoms with E-state index in [9.17, 15) is 5.11 Å². The lowest BCUT2D eigenvalue weighted by molar-refractivity contribution is 0.476. The van der Waals surface area contributed by atoms with Crippen molar-refractivity contribution in [1.29, 1.82) is 0 Å². The van der Waals surface area contributed by atoms with Gasteiger partial charge >= 0.3 is 0 Å². The molecule has 5 heteroatoms. The predicted molar refractivity (Wildman–Crippen MR) is 95.4 cm³/mol. The van der Waals surface area contributed by atoms with E-state index in [1.54, 1.807) is 12.1 Å². The van der Waals surface area contributed by atoms with Crippen molar-refractivity contribution >= 4 is 27.6 Å². The molecule has 4 aromatic rings. The maximum Gasteiger partial charge on any atom is 0.116 e. The topological polar surface area (TPSA) is 104 Å². The molecule has 0 amide bonds. The molecule has 7 N–H and O–H groups in total. The van der Waals surface area contributed by atoms with E-state index < -0.39 is 0 Å². The molecule has 2 aromatic carbocycles. The molecule has 0 unspecified atom stereocenters. The molecule has 0 aliphatic heterocycles. The molecular formula is C18H20N4O. The maximum atomic E-state index is 9.30. The number of aromatic nitrogens is 2. The zero-order valence-corrected chi connectivity index (χ0v) is 12.7. The highest BCUT2D eigenvalue weighted by atomic mass is 16.3. The summed E-state index contributed by atoms with van der Waals surface area (Å²) in [5.74, 6) is 1.02. The Morgan fingerprint density at radius 2 is 1.83 bits per heavy atom. The summed E-state index contributed by atoms with van der Waals surface area (Å²) in [6.45, 7) is 0.628. The van der Waals surface area contributed by atoms with Crippen molar-refractivity contribution in [2.75, 3.05) is 12.3 Å². The van der Waals surface area contributed by atoms with Crippen molar-refractivity contribution in [2.45, 2.75) is 6.42 Å². The third-order valence-corrected chi connectivity index (χ3v) is 3.72. The van der Waals surface area contributed by atoms with E-state index in [1.807, 2.05) is 42.6 Å². The van der Waals surface area contributed by atoms with Crippen LogP contribution >= 0.6 is 0 Å². The Bertz CT molecular complexity index is 890. The average molecular weight is 308 g/mol. The molecular weight excluding hydrogens is 288 g/mol. The summed E-state index contributed by atoms with van der Waals surface area (Å²) in [5, 5.41) is 11.5. The third-order valence-electron chi connectivity index (χ3n) is 3.72. The van der Waals surface area contributed by atoms with Crippen molar-refractivity contribution in [3.63, 3.8) is 0 Å². The molecule has 0 radical (unpaired) electrons. The van der Waals surface area contributed by atoms with Crippen LogP contribution in [0, 0.1) is 0 Å². The molecule has 0 spiro atoms. The van der Waals surface area contributed by atoms with Gasteiger partial charge in [-0.15, -0.1) is 0 Å². The lowest BCUT2D eigenvalue weighted by Crippen LogP contribution is -2.01. The fraction of sp³-hybridized carbons (Fsp3) is 0.111. The number of nitrogen functional groups attached to an aromatic ring is 1. The summed E-state index contributed by atoms with van der Waals surface area (Å²) >= 11 is 0. The van der Waals surface area contributed by atoms with E-state index in [1.165, 1.54) is 5.39 Å². The van der Waals surface area contributed by atoms with E-state index in [0.717, 1.165) is 34.2 Å². The smallest absolute Gasteiger partial charge is 0.116 e. The van der Waals surface area contributed by atoms with Gasteiger partial charge in [-0.25, -0.2) is 0 Å². The summed E-state index contributed by atoms with van der Waals surface area (Å²) in [7, 11) is 0. The number of nitrogens with one attached hydrogen (secondary N) is 2. The second-order valence-corrected chi connectivity index (χ2v) is 5.39. The minimum atomic E-state index is 0.297. The zero-order chi connectivity index (χ0) is 16.2. The fourth-order valence-electron chi connectivity index (χ4n) is 2.62. The zero-order valence-electron chi connectivity index (χ0n) is 12.7. The first-order valence-electron chi connectivity index (χ1n) is 7.49. The van der Waals surface area contributed by atoms with Crippen LogP contribution in [0.1, 0.15) is 5.56 Å². The molecule has 0 aliphatic rings. The van der Waals surface area contributed by atoms with Crippen LogP contribution in [0.4, 0.5) is 5.82 Å². The number of H-pyrrole nitrogens is 2. The molecule has 23 heavy (non-hydrogen) atoms. The van der Waals surface area contributed by atoms with Gasteiger partial charge in [0, 0.05) is 28.0 Å². The fourth-order valence-corrected chi connectivity index (χ4v) is 2.62. The summed E-state index contributed by atoms with van der Waals surface area (Å²) in [6.07, 6.45) is 2.78. The minimum absolute atomic E-state index is 0.297. The number of nitrogens with two attached hydrogens (primary N) is 2. The lowest BCUT2D eigenvalue weighted by atomic mass is 10.1. The van der Waals surface area contributed by atoms with Gasteiger partial charge in [-0.2, -0.15) is 0 Å². The molecule has 0 atom stereocenters. The van der Waals surface area contributed by atoms with Gasteiger partial charge in [0.2, 0.25) is 0 Å². The first-order valence-corrected chi connectivity index (χ1v) is 7.49. The molecule has 0 fully saturated rings. The number of phenols is 1. The van der Waals surface area contributed by atoms with E-state index in [2.05, 4.69) is 9.97 Å². The van der Waals surface area contributed by atoms with Gasteiger partial charge < -0.3 is 26.5 Å². The number of para-hydroxylation sites is 1. The highest BCUT2D eigenvalue weighted by molar-refractivity contribution is 5.84. The normalized spacial score (nSPS) is 10.7. The van der Waals surface area contributed by atoms with Crippen LogP contribution in [0.5, 0.6) is 5.75 Å². The van der Waals surface area contributed by atoms with Crippen molar-refractivity contribution in [2.24, 2.45) is 5.73 Å². The maximum absolute atomic E-state index is 9.30. The number of aromatic amines is 2. The van der Waals surface area contributed by atoms with Crippen molar-refractivity contribution < 1.29 is 5.11 Å². The van der Waals surface area contributed by atoms with E-state index >= 15 is 0 Å². The summed E-state index contributed by atoms with van der Waals surface area (Å²) in [5.41, 5.74) is 14.3. The first kappa shape index (κ1) is 15.0. The predicted octanol–water partition coefficient (Wildman–Crippen LogP) is 3.12. The standard InChI is InChI=1S/C10H12N2O.C8H8N2/c11-4-3-7-6-12-10-2-1-8(13)5-9(7)10;9-8-5-6-3-1-2-4-7(6)10-8/h1-2,5-6,12-13H,3-4,11H2;1-5,10H,9H2. The Balaban J connectivity index is 0.000000140. The Kier molecular flexibility index (Phi) is 4.21. The molecule has 0 saturated heterocycles. The van der Waals surface area contributed by atoms with Gasteiger partial charge in [-0.05, 0) is 48.9 Å². The van der Waals surface area contributed by atoms with Crippen molar-refractivity contribution in [1.82, 2.24) is 9.97 Å². The molecule has 0 aliphatic carbocycles. The van der Waals surface area contributed by atoms with Gasteiger partial charge in [0.15, 0.2) is 0 Å². The molecule has 2 heterocycles. The molecule has 4 rings (SSSR count). The van der Waals surface area contributed by atoms with Gasteiger partial charge in [-0.1, -0.05) is 18.2 Å².